The third-order valence-electron chi connectivity index (χ3n) is 1.04. The number of ether oxygens (including phenoxy) is 1. The highest BCUT2D eigenvalue weighted by Crippen LogP contribution is 1.87. The topological polar surface area (TPSA) is 185 Å². The highest BCUT2D eigenvalue weighted by molar-refractivity contribution is 4.52. The number of aliphatic hydroxyl groups excluding tert-OH is 4. The van der Waals surface area contributed by atoms with Gasteiger partial charge in [0.1, 0.15) is 12.2 Å². The first kappa shape index (κ1) is 23.5. The van der Waals surface area contributed by atoms with Gasteiger partial charge in [0.2, 0.25) is 0 Å². The molecule has 0 aliphatic carbocycles. The molecule has 0 saturated heterocycles. The quantitative estimate of drug-likeness (QED) is 0.349. The zero-order chi connectivity index (χ0) is 8.69. The lowest BCUT2D eigenvalue weighted by molar-refractivity contribution is -0.0364. The molecule has 92 valence electrons. The summed E-state index contributed by atoms with van der Waals surface area (Å²) in [7, 11) is 0. The molecule has 0 amide bonds. The van der Waals surface area contributed by atoms with E-state index >= 15 is 0 Å². The van der Waals surface area contributed by atoms with Crippen molar-refractivity contribution in [2.45, 2.75) is 12.2 Å². The average molecular weight is 220 g/mol. The summed E-state index contributed by atoms with van der Waals surface area (Å²) in [6, 6.07) is 0. The molecule has 0 rings (SSSR count). The molecule has 0 aromatic heterocycles. The van der Waals surface area contributed by atoms with Crippen LogP contribution in [0.2, 0.25) is 0 Å². The zero-order valence-corrected chi connectivity index (χ0v) is 7.68. The Kier molecular flexibility index (Phi) is 25.4. The van der Waals surface area contributed by atoms with Gasteiger partial charge in [-0.2, -0.15) is 0 Å². The minimum atomic E-state index is -0.916. The van der Waals surface area contributed by atoms with E-state index in [9.17, 15) is 0 Å². The molecule has 0 spiro atoms. The molecular weight excluding hydrogens is 200 g/mol. The third kappa shape index (κ3) is 14.2. The van der Waals surface area contributed by atoms with E-state index in [1.165, 1.54) is 0 Å². The first-order chi connectivity index (χ1) is 5.20. The Morgan fingerprint density at radius 3 is 1.29 bits per heavy atom. The van der Waals surface area contributed by atoms with E-state index in [-0.39, 0.29) is 42.9 Å². The zero-order valence-electron chi connectivity index (χ0n) is 7.68. The highest BCUT2D eigenvalue weighted by Gasteiger charge is 2.04. The van der Waals surface area contributed by atoms with Crippen molar-refractivity contribution in [2.24, 2.45) is 0 Å². The summed E-state index contributed by atoms with van der Waals surface area (Å²) in [5.41, 5.74) is 0. The summed E-state index contributed by atoms with van der Waals surface area (Å²) in [5, 5.41) is 34.1. The molecule has 0 aromatic rings. The fraction of sp³-hybridized carbons (Fsp3) is 1.00. The number of aliphatic hydroxyl groups is 4. The summed E-state index contributed by atoms with van der Waals surface area (Å²) >= 11 is 0. The lowest BCUT2D eigenvalue weighted by atomic mass is 10.4. The van der Waals surface area contributed by atoms with Gasteiger partial charge in [0.05, 0.1) is 26.4 Å². The van der Waals surface area contributed by atoms with E-state index < -0.39 is 12.2 Å². The van der Waals surface area contributed by atoms with E-state index in [0.717, 1.165) is 0 Å². The van der Waals surface area contributed by atoms with Crippen LogP contribution in [0, 0.1) is 0 Å². The molecule has 2 unspecified atom stereocenters. The van der Waals surface area contributed by atoms with Crippen LogP contribution >= 0.6 is 0 Å². The fourth-order valence-corrected chi connectivity index (χ4v) is 0.446. The SMILES string of the molecule is O.O.O.OCC(O)COCC(O)CO. The lowest BCUT2D eigenvalue weighted by Crippen LogP contribution is -2.25. The Hall–Kier alpha value is -0.320. The van der Waals surface area contributed by atoms with E-state index in [4.69, 9.17) is 25.2 Å². The predicted molar refractivity (Wildman–Crippen MR) is 47.8 cm³/mol. The monoisotopic (exact) mass is 220 g/mol. The average Bonchev–Trinajstić information content (AvgIpc) is 2.04. The van der Waals surface area contributed by atoms with Gasteiger partial charge in [-0.25, -0.2) is 0 Å². The number of rotatable bonds is 6. The van der Waals surface area contributed by atoms with Crippen LogP contribution in [0.5, 0.6) is 0 Å². The minimum Gasteiger partial charge on any atom is -0.412 e. The number of hydrogen-bond acceptors (Lipinski definition) is 5. The Bertz CT molecular complexity index is 79.9. The number of hydrogen-bond donors (Lipinski definition) is 4. The lowest BCUT2D eigenvalue weighted by Gasteiger charge is -2.10. The molecule has 0 heterocycles. The van der Waals surface area contributed by atoms with Crippen molar-refractivity contribution in [3.63, 3.8) is 0 Å². The van der Waals surface area contributed by atoms with Crippen molar-refractivity contribution >= 4 is 0 Å². The second-order valence-electron chi connectivity index (χ2n) is 2.21. The molecule has 0 radical (unpaired) electrons. The van der Waals surface area contributed by atoms with Crippen LogP contribution in [-0.4, -0.2) is 75.5 Å². The van der Waals surface area contributed by atoms with Crippen LogP contribution in [0.4, 0.5) is 0 Å². The molecule has 2 atom stereocenters. The highest BCUT2D eigenvalue weighted by atomic mass is 16.5. The normalized spacial score (nSPS) is 12.9. The summed E-state index contributed by atoms with van der Waals surface area (Å²) < 4.78 is 4.72. The molecule has 8 heteroatoms. The van der Waals surface area contributed by atoms with Crippen LogP contribution in [-0.2, 0) is 4.74 Å². The second kappa shape index (κ2) is 15.2. The maximum absolute atomic E-state index is 8.72. The Morgan fingerprint density at radius 1 is 0.786 bits per heavy atom. The molecule has 0 bridgehead atoms. The third-order valence-corrected chi connectivity index (χ3v) is 1.04. The fourth-order valence-electron chi connectivity index (χ4n) is 0.446. The molecule has 0 aliphatic rings. The smallest absolute Gasteiger partial charge is 0.100 e. The Morgan fingerprint density at radius 2 is 1.07 bits per heavy atom. The second-order valence-corrected chi connectivity index (χ2v) is 2.21. The van der Waals surface area contributed by atoms with Gasteiger partial charge in [-0.05, 0) is 0 Å². The maximum Gasteiger partial charge on any atom is 0.100 e. The van der Waals surface area contributed by atoms with Gasteiger partial charge in [-0.15, -0.1) is 0 Å². The van der Waals surface area contributed by atoms with E-state index in [1.807, 2.05) is 0 Å². The summed E-state index contributed by atoms with van der Waals surface area (Å²) in [6.45, 7) is -0.800. The first-order valence-corrected chi connectivity index (χ1v) is 3.36. The largest absolute Gasteiger partial charge is 0.412 e. The van der Waals surface area contributed by atoms with Crippen molar-refractivity contribution < 1.29 is 41.6 Å². The van der Waals surface area contributed by atoms with E-state index in [1.54, 1.807) is 0 Å². The molecule has 10 N–H and O–H groups in total. The molecule has 0 saturated carbocycles. The van der Waals surface area contributed by atoms with Gasteiger partial charge in [-0.1, -0.05) is 0 Å². The van der Waals surface area contributed by atoms with Crippen molar-refractivity contribution in [3.8, 4) is 0 Å². The summed E-state index contributed by atoms with van der Waals surface area (Å²) in [6.07, 6.45) is -1.83. The van der Waals surface area contributed by atoms with Crippen LogP contribution < -0.4 is 0 Å². The van der Waals surface area contributed by atoms with Crippen LogP contribution in [0.25, 0.3) is 0 Å². The van der Waals surface area contributed by atoms with Crippen molar-refractivity contribution in [3.05, 3.63) is 0 Å². The molecule has 0 aliphatic heterocycles. The Labute approximate surface area is 81.3 Å². The molecular formula is C6H20O8. The van der Waals surface area contributed by atoms with Crippen molar-refractivity contribution in [2.75, 3.05) is 26.4 Å². The van der Waals surface area contributed by atoms with Crippen molar-refractivity contribution in [1.29, 1.82) is 0 Å². The summed E-state index contributed by atoms with van der Waals surface area (Å²) in [5.74, 6) is 0. The van der Waals surface area contributed by atoms with Gasteiger partial charge in [0.25, 0.3) is 0 Å². The Balaban J connectivity index is -0.000000167. The molecule has 0 fully saturated rings. The van der Waals surface area contributed by atoms with Gasteiger partial charge in [-0.3, -0.25) is 0 Å². The van der Waals surface area contributed by atoms with E-state index in [2.05, 4.69) is 0 Å². The van der Waals surface area contributed by atoms with Gasteiger partial charge < -0.3 is 41.6 Å². The van der Waals surface area contributed by atoms with E-state index in [0.29, 0.717) is 0 Å². The van der Waals surface area contributed by atoms with Crippen LogP contribution in [0.3, 0.4) is 0 Å². The van der Waals surface area contributed by atoms with Crippen LogP contribution in [0.15, 0.2) is 0 Å². The van der Waals surface area contributed by atoms with Crippen LogP contribution in [0.1, 0.15) is 0 Å². The van der Waals surface area contributed by atoms with Gasteiger partial charge in [0, 0.05) is 0 Å². The molecule has 8 nitrogen and oxygen atoms in total. The standard InChI is InChI=1S/C6H14O5.3H2O/c7-1-5(9)3-11-4-6(10)2-8;;;/h5-10H,1-4H2;3*1H2. The summed E-state index contributed by atoms with van der Waals surface area (Å²) in [4.78, 5) is 0. The minimum absolute atomic E-state index is 0. The van der Waals surface area contributed by atoms with Gasteiger partial charge >= 0.3 is 0 Å². The van der Waals surface area contributed by atoms with Crippen molar-refractivity contribution in [1.82, 2.24) is 0 Å². The molecule has 14 heavy (non-hydrogen) atoms. The first-order valence-electron chi connectivity index (χ1n) is 3.36. The maximum atomic E-state index is 8.72. The predicted octanol–water partition coefficient (Wildman–Crippen LogP) is -4.76. The molecule has 0 aromatic carbocycles. The van der Waals surface area contributed by atoms with Gasteiger partial charge in [0.15, 0.2) is 0 Å².